The van der Waals surface area contributed by atoms with Crippen molar-refractivity contribution >= 4 is 5.82 Å². The van der Waals surface area contributed by atoms with Crippen molar-refractivity contribution in [1.29, 1.82) is 5.26 Å². The zero-order chi connectivity index (χ0) is 16.1. The van der Waals surface area contributed by atoms with Gasteiger partial charge in [0.25, 0.3) is 0 Å². The molecule has 1 heterocycles. The van der Waals surface area contributed by atoms with Crippen molar-refractivity contribution < 1.29 is 0 Å². The molecule has 1 aromatic carbocycles. The molecular formula is C19H22N4. The highest BCUT2D eigenvalue weighted by molar-refractivity contribution is 5.51. The largest absolute Gasteiger partial charge is 0.366 e. The van der Waals surface area contributed by atoms with Gasteiger partial charge in [-0.05, 0) is 37.2 Å². The number of anilines is 1. The Balaban J connectivity index is 1.64. The third kappa shape index (κ3) is 3.68. The van der Waals surface area contributed by atoms with Gasteiger partial charge in [0, 0.05) is 12.5 Å². The summed E-state index contributed by atoms with van der Waals surface area (Å²) in [6.07, 6.45) is 6.97. The van der Waals surface area contributed by atoms with Crippen LogP contribution < -0.4 is 5.32 Å². The summed E-state index contributed by atoms with van der Waals surface area (Å²) in [6, 6.07) is 13.3. The molecule has 0 radical (unpaired) electrons. The van der Waals surface area contributed by atoms with E-state index < -0.39 is 0 Å². The first-order chi connectivity index (χ1) is 11.3. The number of rotatable bonds is 4. The molecule has 1 aromatic heterocycles. The van der Waals surface area contributed by atoms with Crippen LogP contribution in [-0.2, 0) is 6.42 Å². The first kappa shape index (κ1) is 15.5. The van der Waals surface area contributed by atoms with E-state index in [0.717, 1.165) is 25.1 Å². The van der Waals surface area contributed by atoms with Crippen molar-refractivity contribution in [3.63, 3.8) is 0 Å². The van der Waals surface area contributed by atoms with Crippen LogP contribution in [0.15, 0.2) is 36.5 Å². The lowest BCUT2D eigenvalue weighted by Gasteiger charge is -2.30. The molecule has 23 heavy (non-hydrogen) atoms. The van der Waals surface area contributed by atoms with Gasteiger partial charge in [0.1, 0.15) is 23.3 Å². The Morgan fingerprint density at radius 1 is 1.17 bits per heavy atom. The second-order valence-electron chi connectivity index (χ2n) is 6.12. The normalized spacial score (nSPS) is 20.7. The minimum atomic E-state index is 0.390. The molecule has 2 aromatic rings. The summed E-state index contributed by atoms with van der Waals surface area (Å²) in [4.78, 5) is 8.69. The molecule has 0 aliphatic heterocycles. The minimum Gasteiger partial charge on any atom is -0.366 e. The van der Waals surface area contributed by atoms with Crippen molar-refractivity contribution in [2.24, 2.45) is 0 Å². The lowest BCUT2D eigenvalue weighted by Crippen LogP contribution is -2.26. The molecule has 0 saturated heterocycles. The van der Waals surface area contributed by atoms with Crippen molar-refractivity contribution in [3.8, 4) is 6.07 Å². The van der Waals surface area contributed by atoms with Gasteiger partial charge in [-0.2, -0.15) is 5.26 Å². The number of nitriles is 1. The fourth-order valence-corrected chi connectivity index (χ4v) is 3.27. The van der Waals surface area contributed by atoms with E-state index in [1.807, 2.05) is 6.92 Å². The summed E-state index contributed by atoms with van der Waals surface area (Å²) >= 11 is 0. The molecule has 1 saturated carbocycles. The summed E-state index contributed by atoms with van der Waals surface area (Å²) in [5.74, 6) is 2.13. The third-order valence-corrected chi connectivity index (χ3v) is 4.61. The SMILES string of the molecule is CCc1ncc(C#N)c(NC2CCC(c3ccccc3)CC2)n1. The Morgan fingerprint density at radius 3 is 2.57 bits per heavy atom. The van der Waals surface area contributed by atoms with Gasteiger partial charge in [-0.1, -0.05) is 37.3 Å². The summed E-state index contributed by atoms with van der Waals surface area (Å²) in [6.45, 7) is 2.02. The molecule has 0 spiro atoms. The topological polar surface area (TPSA) is 61.6 Å². The van der Waals surface area contributed by atoms with Crippen LogP contribution in [0.2, 0.25) is 0 Å². The maximum Gasteiger partial charge on any atom is 0.147 e. The van der Waals surface area contributed by atoms with Crippen molar-refractivity contribution in [1.82, 2.24) is 9.97 Å². The molecule has 1 N–H and O–H groups in total. The van der Waals surface area contributed by atoms with Crippen LogP contribution in [0.3, 0.4) is 0 Å². The molecule has 0 atom stereocenters. The van der Waals surface area contributed by atoms with E-state index in [9.17, 15) is 5.26 Å². The van der Waals surface area contributed by atoms with E-state index in [0.29, 0.717) is 23.3 Å². The minimum absolute atomic E-state index is 0.390. The van der Waals surface area contributed by atoms with Gasteiger partial charge >= 0.3 is 0 Å². The van der Waals surface area contributed by atoms with Crippen LogP contribution in [0.5, 0.6) is 0 Å². The molecule has 0 unspecified atom stereocenters. The quantitative estimate of drug-likeness (QED) is 0.925. The fourth-order valence-electron chi connectivity index (χ4n) is 3.27. The van der Waals surface area contributed by atoms with E-state index in [4.69, 9.17) is 0 Å². The van der Waals surface area contributed by atoms with Crippen molar-refractivity contribution in [3.05, 3.63) is 53.5 Å². The molecule has 1 aliphatic carbocycles. The molecule has 1 fully saturated rings. The van der Waals surface area contributed by atoms with Gasteiger partial charge < -0.3 is 5.32 Å². The highest BCUT2D eigenvalue weighted by atomic mass is 15.1. The van der Waals surface area contributed by atoms with Crippen molar-refractivity contribution in [2.45, 2.75) is 51.0 Å². The lowest BCUT2D eigenvalue weighted by molar-refractivity contribution is 0.411. The number of hydrogen-bond acceptors (Lipinski definition) is 4. The highest BCUT2D eigenvalue weighted by Crippen LogP contribution is 2.33. The van der Waals surface area contributed by atoms with Gasteiger partial charge in [0.15, 0.2) is 0 Å². The Labute approximate surface area is 137 Å². The van der Waals surface area contributed by atoms with Crippen LogP contribution >= 0.6 is 0 Å². The Morgan fingerprint density at radius 2 is 1.91 bits per heavy atom. The number of nitrogens with zero attached hydrogens (tertiary/aromatic N) is 3. The second kappa shape index (κ2) is 7.23. The van der Waals surface area contributed by atoms with Crippen molar-refractivity contribution in [2.75, 3.05) is 5.32 Å². The van der Waals surface area contributed by atoms with E-state index >= 15 is 0 Å². The Bertz CT molecular complexity index is 682. The first-order valence-corrected chi connectivity index (χ1v) is 8.37. The molecule has 118 valence electrons. The molecule has 3 rings (SSSR count). The third-order valence-electron chi connectivity index (χ3n) is 4.61. The van der Waals surface area contributed by atoms with Gasteiger partial charge in [-0.3, -0.25) is 0 Å². The average Bonchev–Trinajstić information content (AvgIpc) is 2.63. The number of hydrogen-bond donors (Lipinski definition) is 1. The van der Waals surface area contributed by atoms with Crippen LogP contribution in [-0.4, -0.2) is 16.0 Å². The summed E-state index contributed by atoms with van der Waals surface area (Å²) in [7, 11) is 0. The maximum absolute atomic E-state index is 9.23. The van der Waals surface area contributed by atoms with E-state index in [-0.39, 0.29) is 0 Å². The van der Waals surface area contributed by atoms with Crippen LogP contribution in [0.25, 0.3) is 0 Å². The number of nitrogens with one attached hydrogen (secondary N) is 1. The molecular weight excluding hydrogens is 284 g/mol. The zero-order valence-corrected chi connectivity index (χ0v) is 13.5. The monoisotopic (exact) mass is 306 g/mol. The Kier molecular flexibility index (Phi) is 4.87. The predicted molar refractivity (Wildman–Crippen MR) is 91.2 cm³/mol. The van der Waals surface area contributed by atoms with Gasteiger partial charge in [-0.15, -0.1) is 0 Å². The number of aryl methyl sites for hydroxylation is 1. The van der Waals surface area contributed by atoms with Gasteiger partial charge in [-0.25, -0.2) is 9.97 Å². The summed E-state index contributed by atoms with van der Waals surface area (Å²) in [5.41, 5.74) is 1.98. The summed E-state index contributed by atoms with van der Waals surface area (Å²) in [5, 5.41) is 12.7. The fraction of sp³-hybridized carbons (Fsp3) is 0.421. The van der Waals surface area contributed by atoms with E-state index in [2.05, 4.69) is 51.7 Å². The zero-order valence-electron chi connectivity index (χ0n) is 13.5. The lowest BCUT2D eigenvalue weighted by atomic mass is 9.82. The standard InChI is InChI=1S/C19H22N4/c1-2-18-21-13-16(12-20)19(23-18)22-17-10-8-15(9-11-17)14-6-4-3-5-7-14/h3-7,13,15,17H,2,8-11H2,1H3,(H,21,22,23). The number of benzene rings is 1. The second-order valence-corrected chi connectivity index (χ2v) is 6.12. The Hall–Kier alpha value is -2.41. The predicted octanol–water partition coefficient (Wildman–Crippen LogP) is 4.05. The number of aromatic nitrogens is 2. The van der Waals surface area contributed by atoms with E-state index in [1.165, 1.54) is 18.4 Å². The van der Waals surface area contributed by atoms with Crippen LogP contribution in [0.1, 0.15) is 55.5 Å². The van der Waals surface area contributed by atoms with Crippen LogP contribution in [0.4, 0.5) is 5.82 Å². The van der Waals surface area contributed by atoms with Gasteiger partial charge in [0.2, 0.25) is 0 Å². The molecule has 4 heteroatoms. The molecule has 0 bridgehead atoms. The molecule has 4 nitrogen and oxygen atoms in total. The molecule has 1 aliphatic rings. The smallest absolute Gasteiger partial charge is 0.147 e. The van der Waals surface area contributed by atoms with Crippen LogP contribution in [0, 0.1) is 11.3 Å². The highest BCUT2D eigenvalue weighted by Gasteiger charge is 2.23. The summed E-state index contributed by atoms with van der Waals surface area (Å²) < 4.78 is 0. The van der Waals surface area contributed by atoms with E-state index in [1.54, 1.807) is 6.20 Å². The first-order valence-electron chi connectivity index (χ1n) is 8.37. The van der Waals surface area contributed by atoms with Gasteiger partial charge in [0.05, 0.1) is 6.20 Å². The average molecular weight is 306 g/mol. The maximum atomic E-state index is 9.23. The molecule has 0 amide bonds.